The SMILES string of the molecule is Cc1ccc(C)c(C(=O)Nc2ncc(C=CC(=O)O)s2)c1. The fourth-order valence-corrected chi connectivity index (χ4v) is 2.43. The van der Waals surface area contributed by atoms with Gasteiger partial charge in [0.05, 0.1) is 0 Å². The van der Waals surface area contributed by atoms with Crippen molar-refractivity contribution in [3.8, 4) is 0 Å². The maximum atomic E-state index is 12.2. The second kappa shape index (κ2) is 6.32. The number of thiazole rings is 1. The fourth-order valence-electron chi connectivity index (χ4n) is 1.72. The molecule has 2 rings (SSSR count). The number of nitrogens with one attached hydrogen (secondary N) is 1. The predicted molar refractivity (Wildman–Crippen MR) is 82.7 cm³/mol. The van der Waals surface area contributed by atoms with E-state index in [1.165, 1.54) is 23.6 Å². The molecule has 0 atom stereocenters. The molecule has 1 amide bonds. The van der Waals surface area contributed by atoms with E-state index in [-0.39, 0.29) is 5.91 Å². The van der Waals surface area contributed by atoms with Crippen molar-refractivity contribution in [3.05, 3.63) is 52.0 Å². The summed E-state index contributed by atoms with van der Waals surface area (Å²) in [6.07, 6.45) is 3.99. The number of rotatable bonds is 4. The van der Waals surface area contributed by atoms with Crippen molar-refractivity contribution in [2.75, 3.05) is 5.32 Å². The number of nitrogens with zero attached hydrogens (tertiary/aromatic N) is 1. The Morgan fingerprint density at radius 2 is 2.10 bits per heavy atom. The maximum absolute atomic E-state index is 12.2. The molecule has 0 aliphatic rings. The third-order valence-corrected chi connectivity index (χ3v) is 3.65. The van der Waals surface area contributed by atoms with Crippen LogP contribution in [0.2, 0.25) is 0 Å². The van der Waals surface area contributed by atoms with E-state index in [4.69, 9.17) is 5.11 Å². The highest BCUT2D eigenvalue weighted by atomic mass is 32.1. The van der Waals surface area contributed by atoms with E-state index in [1.54, 1.807) is 0 Å². The Morgan fingerprint density at radius 3 is 2.81 bits per heavy atom. The maximum Gasteiger partial charge on any atom is 0.328 e. The van der Waals surface area contributed by atoms with Gasteiger partial charge < -0.3 is 5.11 Å². The van der Waals surface area contributed by atoms with Gasteiger partial charge in [0.15, 0.2) is 5.13 Å². The topological polar surface area (TPSA) is 79.3 Å². The van der Waals surface area contributed by atoms with Gasteiger partial charge in [0, 0.05) is 22.7 Å². The number of aliphatic carboxylic acids is 1. The number of carbonyl (C=O) groups is 2. The molecule has 0 unspecified atom stereocenters. The summed E-state index contributed by atoms with van der Waals surface area (Å²) in [6.45, 7) is 3.80. The minimum Gasteiger partial charge on any atom is -0.478 e. The van der Waals surface area contributed by atoms with Crippen LogP contribution in [0.1, 0.15) is 26.4 Å². The Hall–Kier alpha value is -2.47. The van der Waals surface area contributed by atoms with Gasteiger partial charge in [-0.15, -0.1) is 0 Å². The first-order chi connectivity index (χ1) is 9.95. The minimum absolute atomic E-state index is 0.223. The van der Waals surface area contributed by atoms with E-state index in [1.807, 2.05) is 32.0 Å². The lowest BCUT2D eigenvalue weighted by atomic mass is 10.1. The first-order valence-corrected chi connectivity index (χ1v) is 7.03. The zero-order valence-electron chi connectivity index (χ0n) is 11.6. The van der Waals surface area contributed by atoms with Crippen molar-refractivity contribution < 1.29 is 14.7 Å². The number of carbonyl (C=O) groups excluding carboxylic acids is 1. The second-order valence-electron chi connectivity index (χ2n) is 4.51. The van der Waals surface area contributed by atoms with Gasteiger partial charge in [-0.2, -0.15) is 0 Å². The summed E-state index contributed by atoms with van der Waals surface area (Å²) in [6, 6.07) is 5.67. The number of amides is 1. The first-order valence-electron chi connectivity index (χ1n) is 6.21. The van der Waals surface area contributed by atoms with Crippen molar-refractivity contribution in [1.82, 2.24) is 4.98 Å². The smallest absolute Gasteiger partial charge is 0.328 e. The molecule has 2 aromatic rings. The van der Waals surface area contributed by atoms with Crippen LogP contribution in [0, 0.1) is 13.8 Å². The average Bonchev–Trinajstić information content (AvgIpc) is 2.86. The lowest BCUT2D eigenvalue weighted by molar-refractivity contribution is -0.131. The normalized spacial score (nSPS) is 10.8. The highest BCUT2D eigenvalue weighted by Gasteiger charge is 2.11. The average molecular weight is 302 g/mol. The number of carboxylic acid groups (broad SMARTS) is 1. The predicted octanol–water partition coefficient (Wildman–Crippen LogP) is 3.11. The zero-order chi connectivity index (χ0) is 15.4. The zero-order valence-corrected chi connectivity index (χ0v) is 12.4. The van der Waals surface area contributed by atoms with Crippen molar-refractivity contribution in [2.45, 2.75) is 13.8 Å². The number of anilines is 1. The molecule has 6 heteroatoms. The quantitative estimate of drug-likeness (QED) is 0.850. The monoisotopic (exact) mass is 302 g/mol. The highest BCUT2D eigenvalue weighted by molar-refractivity contribution is 7.16. The first kappa shape index (κ1) is 14.9. The summed E-state index contributed by atoms with van der Waals surface area (Å²) in [4.78, 5) is 27.4. The number of carboxylic acids is 1. The molecule has 108 valence electrons. The number of aryl methyl sites for hydroxylation is 2. The minimum atomic E-state index is -1.02. The van der Waals surface area contributed by atoms with E-state index >= 15 is 0 Å². The molecule has 0 saturated heterocycles. The number of benzene rings is 1. The molecule has 21 heavy (non-hydrogen) atoms. The fraction of sp³-hybridized carbons (Fsp3) is 0.133. The van der Waals surface area contributed by atoms with Gasteiger partial charge in [-0.05, 0) is 31.6 Å². The van der Waals surface area contributed by atoms with Crippen LogP contribution in [-0.2, 0) is 4.79 Å². The number of hydrogen-bond acceptors (Lipinski definition) is 4. The van der Waals surface area contributed by atoms with Gasteiger partial charge in [0.25, 0.3) is 5.91 Å². The van der Waals surface area contributed by atoms with Gasteiger partial charge in [0.2, 0.25) is 0 Å². The summed E-state index contributed by atoms with van der Waals surface area (Å²) < 4.78 is 0. The molecule has 5 nitrogen and oxygen atoms in total. The van der Waals surface area contributed by atoms with Crippen LogP contribution in [0.4, 0.5) is 5.13 Å². The van der Waals surface area contributed by atoms with Crippen LogP contribution in [0.25, 0.3) is 6.08 Å². The van der Waals surface area contributed by atoms with Gasteiger partial charge >= 0.3 is 5.97 Å². The Bertz CT molecular complexity index is 719. The van der Waals surface area contributed by atoms with E-state index in [0.29, 0.717) is 15.6 Å². The molecule has 0 fully saturated rings. The Balaban J connectivity index is 2.13. The molecule has 1 aromatic heterocycles. The van der Waals surface area contributed by atoms with Gasteiger partial charge in [-0.3, -0.25) is 10.1 Å². The Morgan fingerprint density at radius 1 is 1.33 bits per heavy atom. The van der Waals surface area contributed by atoms with E-state index in [9.17, 15) is 9.59 Å². The third-order valence-electron chi connectivity index (χ3n) is 2.77. The molecular formula is C15H14N2O3S. The van der Waals surface area contributed by atoms with Crippen LogP contribution in [0.5, 0.6) is 0 Å². The van der Waals surface area contributed by atoms with Crippen molar-refractivity contribution in [3.63, 3.8) is 0 Å². The van der Waals surface area contributed by atoms with Crippen LogP contribution in [0.15, 0.2) is 30.5 Å². The van der Waals surface area contributed by atoms with Crippen LogP contribution in [0.3, 0.4) is 0 Å². The largest absolute Gasteiger partial charge is 0.478 e. The molecule has 0 aliphatic heterocycles. The molecule has 0 radical (unpaired) electrons. The Kier molecular flexibility index (Phi) is 4.49. The third kappa shape index (κ3) is 4.00. The summed E-state index contributed by atoms with van der Waals surface area (Å²) >= 11 is 1.21. The second-order valence-corrected chi connectivity index (χ2v) is 5.57. The van der Waals surface area contributed by atoms with Crippen molar-refractivity contribution >= 4 is 34.4 Å². The van der Waals surface area contributed by atoms with E-state index < -0.39 is 5.97 Å². The van der Waals surface area contributed by atoms with Crippen LogP contribution in [-0.4, -0.2) is 22.0 Å². The van der Waals surface area contributed by atoms with E-state index in [2.05, 4.69) is 10.3 Å². The summed E-state index contributed by atoms with van der Waals surface area (Å²) in [5.74, 6) is -1.25. The number of aromatic nitrogens is 1. The standard InChI is InChI=1S/C15H14N2O3S/c1-9-3-4-10(2)12(7-9)14(20)17-15-16-8-11(21-15)5-6-13(18)19/h3-8H,1-2H3,(H,18,19)(H,16,17,20). The molecule has 2 N–H and O–H groups in total. The molecule has 0 bridgehead atoms. The van der Waals surface area contributed by atoms with Gasteiger partial charge in [-0.1, -0.05) is 29.0 Å². The van der Waals surface area contributed by atoms with Crippen molar-refractivity contribution in [1.29, 1.82) is 0 Å². The van der Waals surface area contributed by atoms with Crippen LogP contribution >= 0.6 is 11.3 Å². The molecule has 0 saturated carbocycles. The van der Waals surface area contributed by atoms with E-state index in [0.717, 1.165) is 17.2 Å². The molecule has 1 aromatic carbocycles. The lowest BCUT2D eigenvalue weighted by Crippen LogP contribution is -2.13. The summed E-state index contributed by atoms with van der Waals surface area (Å²) in [5.41, 5.74) is 2.50. The molecule has 0 aliphatic carbocycles. The number of hydrogen-bond donors (Lipinski definition) is 2. The lowest BCUT2D eigenvalue weighted by Gasteiger charge is -2.06. The summed E-state index contributed by atoms with van der Waals surface area (Å²) in [5, 5.41) is 11.7. The van der Waals surface area contributed by atoms with Gasteiger partial charge in [0.1, 0.15) is 0 Å². The van der Waals surface area contributed by atoms with Gasteiger partial charge in [-0.25, -0.2) is 9.78 Å². The molecule has 0 spiro atoms. The van der Waals surface area contributed by atoms with Crippen LogP contribution < -0.4 is 5.32 Å². The molecular weight excluding hydrogens is 288 g/mol. The summed E-state index contributed by atoms with van der Waals surface area (Å²) in [7, 11) is 0. The highest BCUT2D eigenvalue weighted by Crippen LogP contribution is 2.21. The molecule has 1 heterocycles. The Labute approximate surface area is 126 Å². The van der Waals surface area contributed by atoms with Crippen molar-refractivity contribution in [2.24, 2.45) is 0 Å².